The molecule has 1 aromatic rings. The van der Waals surface area contributed by atoms with Gasteiger partial charge in [-0.05, 0) is 18.6 Å². The Hall–Kier alpha value is -1.08. The topological polar surface area (TPSA) is 46.6 Å². The lowest BCUT2D eigenvalue weighted by molar-refractivity contribution is -0.0463. The molecule has 0 amide bonds. The molecule has 22 heavy (non-hydrogen) atoms. The van der Waals surface area contributed by atoms with Crippen LogP contribution in [0.3, 0.4) is 0 Å². The Morgan fingerprint density at radius 1 is 1.45 bits per heavy atom. The van der Waals surface area contributed by atoms with Gasteiger partial charge in [-0.25, -0.2) is 0 Å². The summed E-state index contributed by atoms with van der Waals surface area (Å²) in [6.45, 7) is 6.69. The maximum absolute atomic E-state index is 6.27. The molecule has 6 heteroatoms. The zero-order chi connectivity index (χ0) is 15.8. The number of morpholine rings is 1. The lowest BCUT2D eigenvalue weighted by Crippen LogP contribution is -2.54. The summed E-state index contributed by atoms with van der Waals surface area (Å²) in [7, 11) is 1.84. The molecule has 1 aliphatic rings. The van der Waals surface area contributed by atoms with Crippen molar-refractivity contribution in [1.29, 1.82) is 0 Å². The molecule has 2 heterocycles. The summed E-state index contributed by atoms with van der Waals surface area (Å²) in [4.78, 5) is 7.53. The lowest BCUT2D eigenvalue weighted by atomic mass is 9.96. The van der Waals surface area contributed by atoms with Crippen molar-refractivity contribution >= 4 is 17.2 Å². The standard InChI is InChI=1S/C16H25N3O2S/c1-3-10-21-16(15(22)17-2,14-6-4-5-7-18-14)13-19-8-11-20-12-9-19/h4-7H,3,8-13H2,1-2H3,(H,17,22). The van der Waals surface area contributed by atoms with Gasteiger partial charge in [-0.2, -0.15) is 0 Å². The van der Waals surface area contributed by atoms with Crippen LogP contribution in [0.5, 0.6) is 0 Å². The van der Waals surface area contributed by atoms with Gasteiger partial charge in [0.2, 0.25) is 0 Å². The predicted octanol–water partition coefficient (Wildman–Crippen LogP) is 1.58. The Labute approximate surface area is 138 Å². The molecule has 0 radical (unpaired) electrons. The van der Waals surface area contributed by atoms with Crippen molar-refractivity contribution < 1.29 is 9.47 Å². The number of ether oxygens (including phenoxy) is 2. The molecular formula is C16H25N3O2S. The molecule has 1 N–H and O–H groups in total. The second-order valence-corrected chi connectivity index (χ2v) is 5.77. The third-order valence-corrected chi connectivity index (χ3v) is 4.31. The van der Waals surface area contributed by atoms with Crippen molar-refractivity contribution in [2.24, 2.45) is 0 Å². The Kier molecular flexibility index (Phi) is 6.70. The Balaban J connectivity index is 2.32. The fourth-order valence-electron chi connectivity index (χ4n) is 2.61. The number of nitrogens with one attached hydrogen (secondary N) is 1. The first-order valence-corrected chi connectivity index (χ1v) is 8.21. The van der Waals surface area contributed by atoms with E-state index >= 15 is 0 Å². The van der Waals surface area contributed by atoms with Gasteiger partial charge in [0.25, 0.3) is 0 Å². The average Bonchev–Trinajstić information content (AvgIpc) is 2.59. The fourth-order valence-corrected chi connectivity index (χ4v) is 2.84. The van der Waals surface area contributed by atoms with Crippen molar-refractivity contribution in [3.05, 3.63) is 30.1 Å². The van der Waals surface area contributed by atoms with E-state index in [0.29, 0.717) is 18.1 Å². The van der Waals surface area contributed by atoms with Crippen LogP contribution in [0, 0.1) is 0 Å². The van der Waals surface area contributed by atoms with Crippen LogP contribution < -0.4 is 5.32 Å². The summed E-state index contributed by atoms with van der Waals surface area (Å²) < 4.78 is 11.7. The number of thiocarbonyl (C=S) groups is 1. The molecule has 1 aliphatic heterocycles. The van der Waals surface area contributed by atoms with Gasteiger partial charge >= 0.3 is 0 Å². The number of pyridine rings is 1. The summed E-state index contributed by atoms with van der Waals surface area (Å²) in [5.41, 5.74) is 0.146. The van der Waals surface area contributed by atoms with E-state index in [1.54, 1.807) is 6.20 Å². The minimum absolute atomic E-state index is 0.642. The Bertz CT molecular complexity index is 466. The molecular weight excluding hydrogens is 298 g/mol. The SMILES string of the molecule is CCCOC(CN1CCOCC1)(C(=S)NC)c1ccccn1. The predicted molar refractivity (Wildman–Crippen MR) is 91.1 cm³/mol. The van der Waals surface area contributed by atoms with Gasteiger partial charge in [-0.1, -0.05) is 25.2 Å². The zero-order valence-electron chi connectivity index (χ0n) is 13.4. The fraction of sp³-hybridized carbons (Fsp3) is 0.625. The van der Waals surface area contributed by atoms with E-state index < -0.39 is 5.60 Å². The van der Waals surface area contributed by atoms with E-state index in [2.05, 4.69) is 22.1 Å². The van der Waals surface area contributed by atoms with Crippen LogP contribution >= 0.6 is 12.2 Å². The Morgan fingerprint density at radius 2 is 2.23 bits per heavy atom. The van der Waals surface area contributed by atoms with Crippen LogP contribution in [0.1, 0.15) is 19.0 Å². The maximum Gasteiger partial charge on any atom is 0.172 e. The van der Waals surface area contributed by atoms with E-state index in [1.807, 2.05) is 25.2 Å². The average molecular weight is 323 g/mol. The van der Waals surface area contributed by atoms with Crippen molar-refractivity contribution in [2.45, 2.75) is 18.9 Å². The van der Waals surface area contributed by atoms with Crippen LogP contribution in [0.25, 0.3) is 0 Å². The van der Waals surface area contributed by atoms with Crippen molar-refractivity contribution in [3.8, 4) is 0 Å². The summed E-state index contributed by atoms with van der Waals surface area (Å²) in [6, 6.07) is 5.87. The van der Waals surface area contributed by atoms with Crippen LogP contribution in [-0.2, 0) is 15.1 Å². The first-order chi connectivity index (χ1) is 10.7. The molecule has 1 fully saturated rings. The normalized spacial score (nSPS) is 18.6. The largest absolute Gasteiger partial charge is 0.380 e. The van der Waals surface area contributed by atoms with Crippen molar-refractivity contribution in [2.75, 3.05) is 46.5 Å². The highest BCUT2D eigenvalue weighted by atomic mass is 32.1. The van der Waals surface area contributed by atoms with E-state index in [-0.39, 0.29) is 0 Å². The highest BCUT2D eigenvalue weighted by molar-refractivity contribution is 7.80. The van der Waals surface area contributed by atoms with Crippen LogP contribution in [0.4, 0.5) is 0 Å². The molecule has 0 bridgehead atoms. The molecule has 0 aliphatic carbocycles. The van der Waals surface area contributed by atoms with Gasteiger partial charge in [0, 0.05) is 39.5 Å². The molecule has 1 aromatic heterocycles. The zero-order valence-corrected chi connectivity index (χ0v) is 14.2. The number of hydrogen-bond donors (Lipinski definition) is 1. The molecule has 5 nitrogen and oxygen atoms in total. The molecule has 1 atom stereocenters. The molecule has 1 saturated heterocycles. The minimum Gasteiger partial charge on any atom is -0.380 e. The summed E-state index contributed by atoms with van der Waals surface area (Å²) in [5, 5.41) is 3.11. The van der Waals surface area contributed by atoms with Crippen LogP contribution in [-0.4, -0.2) is 61.4 Å². The van der Waals surface area contributed by atoms with Crippen LogP contribution in [0.2, 0.25) is 0 Å². The first-order valence-electron chi connectivity index (χ1n) is 7.80. The number of nitrogens with zero attached hydrogens (tertiary/aromatic N) is 2. The van der Waals surface area contributed by atoms with Gasteiger partial charge in [0.1, 0.15) is 4.99 Å². The highest BCUT2D eigenvalue weighted by Crippen LogP contribution is 2.28. The number of aromatic nitrogens is 1. The summed E-state index contributed by atoms with van der Waals surface area (Å²) >= 11 is 5.62. The van der Waals surface area contributed by atoms with Gasteiger partial charge in [-0.15, -0.1) is 0 Å². The van der Waals surface area contributed by atoms with E-state index in [4.69, 9.17) is 21.7 Å². The smallest absolute Gasteiger partial charge is 0.172 e. The third-order valence-electron chi connectivity index (χ3n) is 3.78. The van der Waals surface area contributed by atoms with Gasteiger partial charge < -0.3 is 14.8 Å². The molecule has 0 saturated carbocycles. The number of rotatable bonds is 7. The first kappa shape index (κ1) is 17.3. The molecule has 122 valence electrons. The summed E-state index contributed by atoms with van der Waals surface area (Å²) in [6.07, 6.45) is 2.72. The number of likely N-dealkylation sites (N-methyl/N-ethyl adjacent to an activating group) is 1. The van der Waals surface area contributed by atoms with E-state index in [0.717, 1.165) is 38.4 Å². The molecule has 0 aromatic carbocycles. The third kappa shape index (κ3) is 4.01. The quantitative estimate of drug-likeness (QED) is 0.769. The van der Waals surface area contributed by atoms with Gasteiger partial charge in [0.05, 0.1) is 18.9 Å². The second kappa shape index (κ2) is 8.53. The monoisotopic (exact) mass is 323 g/mol. The lowest BCUT2D eigenvalue weighted by Gasteiger charge is -2.39. The number of hydrogen-bond acceptors (Lipinski definition) is 5. The molecule has 0 spiro atoms. The van der Waals surface area contributed by atoms with Gasteiger partial charge in [-0.3, -0.25) is 9.88 Å². The highest BCUT2D eigenvalue weighted by Gasteiger charge is 2.41. The molecule has 1 unspecified atom stereocenters. The van der Waals surface area contributed by atoms with Gasteiger partial charge in [0.15, 0.2) is 5.60 Å². The minimum atomic E-state index is -0.710. The summed E-state index contributed by atoms with van der Waals surface area (Å²) in [5.74, 6) is 0. The van der Waals surface area contributed by atoms with Crippen LogP contribution in [0.15, 0.2) is 24.4 Å². The van der Waals surface area contributed by atoms with Crippen molar-refractivity contribution in [3.63, 3.8) is 0 Å². The Morgan fingerprint density at radius 3 is 2.82 bits per heavy atom. The maximum atomic E-state index is 6.27. The molecule has 2 rings (SSSR count). The van der Waals surface area contributed by atoms with E-state index in [1.165, 1.54) is 0 Å². The second-order valence-electron chi connectivity index (χ2n) is 5.36. The van der Waals surface area contributed by atoms with Crippen molar-refractivity contribution in [1.82, 2.24) is 15.2 Å². The van der Waals surface area contributed by atoms with E-state index in [9.17, 15) is 0 Å².